The molecule has 0 aliphatic carbocycles. The van der Waals surface area contributed by atoms with E-state index in [1.807, 2.05) is 0 Å². The van der Waals surface area contributed by atoms with Crippen LogP contribution in [0.4, 0.5) is 4.39 Å². The van der Waals surface area contributed by atoms with Gasteiger partial charge in [-0.15, -0.1) is 0 Å². The van der Waals surface area contributed by atoms with Crippen molar-refractivity contribution in [1.82, 2.24) is 10.4 Å². The Morgan fingerprint density at radius 2 is 1.83 bits per heavy atom. The van der Waals surface area contributed by atoms with E-state index in [2.05, 4.69) is 5.43 Å². The Balaban J connectivity index is 1.65. The summed E-state index contributed by atoms with van der Waals surface area (Å²) in [6.45, 7) is -0.433. The minimum absolute atomic E-state index is 0.0982. The van der Waals surface area contributed by atoms with Gasteiger partial charge in [-0.3, -0.25) is 19.8 Å². The minimum atomic E-state index is -0.923. The average molecular weight is 349 g/mol. The number of ether oxygens (including phenoxy) is 1. The average Bonchev–Trinajstić information content (AvgIpc) is 2.80. The van der Waals surface area contributed by atoms with Gasteiger partial charge in [0, 0.05) is 5.02 Å². The van der Waals surface area contributed by atoms with Gasteiger partial charge in [-0.25, -0.2) is 4.39 Å². The highest BCUT2D eigenvalue weighted by Crippen LogP contribution is 2.23. The fraction of sp³-hybridized carbons (Fsp3) is 0.0625. The Morgan fingerprint density at radius 3 is 2.50 bits per heavy atom. The van der Waals surface area contributed by atoms with Gasteiger partial charge in [-0.1, -0.05) is 17.7 Å². The fourth-order valence-electron chi connectivity index (χ4n) is 2.18. The molecule has 6 nitrogen and oxygen atoms in total. The molecule has 0 fully saturated rings. The molecule has 0 aromatic heterocycles. The Kier molecular flexibility index (Phi) is 4.18. The first kappa shape index (κ1) is 15.9. The van der Waals surface area contributed by atoms with Crippen LogP contribution in [0.1, 0.15) is 20.7 Å². The first-order valence-corrected chi connectivity index (χ1v) is 7.20. The van der Waals surface area contributed by atoms with Gasteiger partial charge in [0.25, 0.3) is 17.7 Å². The third kappa shape index (κ3) is 2.93. The van der Waals surface area contributed by atoms with Crippen molar-refractivity contribution in [2.45, 2.75) is 0 Å². The van der Waals surface area contributed by atoms with Gasteiger partial charge >= 0.3 is 0 Å². The largest absolute Gasteiger partial charge is 0.484 e. The maximum atomic E-state index is 13.7. The lowest BCUT2D eigenvalue weighted by Gasteiger charge is -2.15. The lowest BCUT2D eigenvalue weighted by molar-refractivity contribution is -0.126. The van der Waals surface area contributed by atoms with Crippen LogP contribution in [0.15, 0.2) is 42.5 Å². The molecule has 8 heteroatoms. The molecule has 1 aliphatic heterocycles. The van der Waals surface area contributed by atoms with Gasteiger partial charge in [-0.05, 0) is 36.4 Å². The first-order chi connectivity index (χ1) is 11.5. The Morgan fingerprint density at radius 1 is 1.12 bits per heavy atom. The predicted molar refractivity (Wildman–Crippen MR) is 82.0 cm³/mol. The summed E-state index contributed by atoms with van der Waals surface area (Å²) in [5, 5.41) is 0.987. The standard InChI is InChI=1S/C16H10ClFN2O4/c17-9-4-6-10(7-5-9)24-8-13(21)19-20-15(22)11-2-1-3-12(18)14(11)16(20)23/h1-7H,8H2,(H,19,21). The quantitative estimate of drug-likeness (QED) is 0.859. The van der Waals surface area contributed by atoms with Crippen LogP contribution in [0.5, 0.6) is 5.75 Å². The van der Waals surface area contributed by atoms with Crippen molar-refractivity contribution >= 4 is 29.3 Å². The van der Waals surface area contributed by atoms with E-state index in [0.717, 1.165) is 6.07 Å². The molecular weight excluding hydrogens is 339 g/mol. The molecule has 0 bridgehead atoms. The molecular formula is C16H10ClFN2O4. The molecule has 1 aliphatic rings. The van der Waals surface area contributed by atoms with Gasteiger partial charge in [0.1, 0.15) is 11.6 Å². The molecule has 1 heterocycles. The number of carbonyl (C=O) groups excluding carboxylic acids is 3. The second kappa shape index (κ2) is 6.29. The molecule has 3 rings (SSSR count). The highest BCUT2D eigenvalue weighted by Gasteiger charge is 2.39. The molecule has 0 atom stereocenters. The van der Waals surface area contributed by atoms with Crippen LogP contribution >= 0.6 is 11.6 Å². The molecule has 1 N–H and O–H groups in total. The second-order valence-electron chi connectivity index (χ2n) is 4.89. The molecule has 0 spiro atoms. The Bertz CT molecular complexity index is 838. The molecule has 0 saturated carbocycles. The van der Waals surface area contributed by atoms with E-state index >= 15 is 0 Å². The molecule has 0 radical (unpaired) electrons. The van der Waals surface area contributed by atoms with Crippen LogP contribution in [-0.4, -0.2) is 29.3 Å². The lowest BCUT2D eigenvalue weighted by Crippen LogP contribution is -2.47. The summed E-state index contributed by atoms with van der Waals surface area (Å²) < 4.78 is 18.9. The third-order valence-electron chi connectivity index (χ3n) is 3.28. The van der Waals surface area contributed by atoms with Crippen molar-refractivity contribution in [3.8, 4) is 5.75 Å². The zero-order valence-electron chi connectivity index (χ0n) is 12.1. The normalized spacial score (nSPS) is 13.0. The number of fused-ring (bicyclic) bond motifs is 1. The van der Waals surface area contributed by atoms with Crippen molar-refractivity contribution in [2.75, 3.05) is 6.61 Å². The number of nitrogens with zero attached hydrogens (tertiary/aromatic N) is 1. The van der Waals surface area contributed by atoms with E-state index < -0.39 is 30.1 Å². The second-order valence-corrected chi connectivity index (χ2v) is 5.32. The van der Waals surface area contributed by atoms with E-state index in [0.29, 0.717) is 15.8 Å². The fourth-order valence-corrected chi connectivity index (χ4v) is 2.31. The maximum absolute atomic E-state index is 13.7. The van der Waals surface area contributed by atoms with Gasteiger partial charge in [0.2, 0.25) is 0 Å². The van der Waals surface area contributed by atoms with Gasteiger partial charge < -0.3 is 4.74 Å². The number of rotatable bonds is 4. The first-order valence-electron chi connectivity index (χ1n) is 6.82. The van der Waals surface area contributed by atoms with Crippen molar-refractivity contribution in [2.24, 2.45) is 0 Å². The van der Waals surface area contributed by atoms with E-state index in [4.69, 9.17) is 16.3 Å². The van der Waals surface area contributed by atoms with Crippen LogP contribution in [-0.2, 0) is 4.79 Å². The van der Waals surface area contributed by atoms with Crippen LogP contribution in [0, 0.1) is 5.82 Å². The van der Waals surface area contributed by atoms with Gasteiger partial charge in [-0.2, -0.15) is 5.01 Å². The predicted octanol–water partition coefficient (Wildman–Crippen LogP) is 2.19. The van der Waals surface area contributed by atoms with Crippen LogP contribution in [0.3, 0.4) is 0 Å². The number of amides is 3. The van der Waals surface area contributed by atoms with Crippen molar-refractivity contribution in [1.29, 1.82) is 0 Å². The molecule has 122 valence electrons. The molecule has 0 saturated heterocycles. The molecule has 0 unspecified atom stereocenters. The van der Waals surface area contributed by atoms with E-state index in [1.54, 1.807) is 24.3 Å². The zero-order chi connectivity index (χ0) is 17.3. The number of hydrogen-bond acceptors (Lipinski definition) is 4. The summed E-state index contributed by atoms with van der Waals surface area (Å²) in [5.74, 6) is -2.88. The summed E-state index contributed by atoms with van der Waals surface area (Å²) in [7, 11) is 0. The van der Waals surface area contributed by atoms with E-state index in [-0.39, 0.29) is 11.1 Å². The summed E-state index contributed by atoms with van der Waals surface area (Å²) in [5.41, 5.74) is 1.65. The number of benzene rings is 2. The van der Waals surface area contributed by atoms with E-state index in [9.17, 15) is 18.8 Å². The van der Waals surface area contributed by atoms with Crippen molar-refractivity contribution in [3.05, 3.63) is 64.4 Å². The summed E-state index contributed by atoms with van der Waals surface area (Å²) in [6.07, 6.45) is 0. The molecule has 24 heavy (non-hydrogen) atoms. The summed E-state index contributed by atoms with van der Waals surface area (Å²) in [6, 6.07) is 9.99. The highest BCUT2D eigenvalue weighted by molar-refractivity contribution is 6.30. The lowest BCUT2D eigenvalue weighted by atomic mass is 10.1. The van der Waals surface area contributed by atoms with Crippen LogP contribution < -0.4 is 10.2 Å². The van der Waals surface area contributed by atoms with Crippen LogP contribution in [0.2, 0.25) is 5.02 Å². The zero-order valence-corrected chi connectivity index (χ0v) is 12.8. The Hall–Kier alpha value is -2.93. The van der Waals surface area contributed by atoms with Crippen LogP contribution in [0.25, 0.3) is 0 Å². The molecule has 2 aromatic carbocycles. The molecule has 2 aromatic rings. The van der Waals surface area contributed by atoms with Gasteiger partial charge in [0.05, 0.1) is 11.1 Å². The number of halogens is 2. The number of nitrogens with one attached hydrogen (secondary N) is 1. The number of carbonyl (C=O) groups is 3. The summed E-state index contributed by atoms with van der Waals surface area (Å²) in [4.78, 5) is 36.0. The SMILES string of the molecule is O=C(COc1ccc(Cl)cc1)NN1C(=O)c2cccc(F)c2C1=O. The highest BCUT2D eigenvalue weighted by atomic mass is 35.5. The monoisotopic (exact) mass is 348 g/mol. The third-order valence-corrected chi connectivity index (χ3v) is 3.54. The minimum Gasteiger partial charge on any atom is -0.484 e. The maximum Gasteiger partial charge on any atom is 0.283 e. The van der Waals surface area contributed by atoms with E-state index in [1.165, 1.54) is 12.1 Å². The van der Waals surface area contributed by atoms with Gasteiger partial charge in [0.15, 0.2) is 6.61 Å². The molecule has 3 amide bonds. The number of imide groups is 1. The summed E-state index contributed by atoms with van der Waals surface area (Å²) >= 11 is 5.73. The topological polar surface area (TPSA) is 75.7 Å². The van der Waals surface area contributed by atoms with Crippen molar-refractivity contribution < 1.29 is 23.5 Å². The smallest absolute Gasteiger partial charge is 0.283 e. The van der Waals surface area contributed by atoms with Crippen molar-refractivity contribution in [3.63, 3.8) is 0 Å². The number of hydrazine groups is 1. The number of hydrogen-bond donors (Lipinski definition) is 1. The Labute approximate surface area is 140 Å².